The molecule has 0 spiro atoms. The van der Waals surface area contributed by atoms with Crippen molar-refractivity contribution in [3.8, 4) is 22.0 Å². The van der Waals surface area contributed by atoms with Crippen LogP contribution in [-0.4, -0.2) is 54.2 Å². The lowest BCUT2D eigenvalue weighted by Crippen LogP contribution is -2.36. The second-order valence-corrected chi connectivity index (χ2v) is 9.64. The Balaban J connectivity index is 1.24. The molecule has 6 rings (SSSR count). The molecular formula is C24H23N7O2S. The standard InChI is InChI=1S/C24H23N7O2S/c1-30-10-8-24(33,22(30)32)16-4-2-3-15(11-16)21-28-20(14-34-21)19-7-9-25-23(29-19)27-17-12-26-31(13-17)18-5-6-18/h2-4,7,9,11-14,18,33H,5-6,8,10H2,1H3,(H,25,27,29)/t24-/m1/s1. The van der Waals surface area contributed by atoms with Crippen LogP contribution in [0.25, 0.3) is 22.0 Å². The smallest absolute Gasteiger partial charge is 0.258 e. The van der Waals surface area contributed by atoms with E-state index in [1.165, 1.54) is 24.2 Å². The van der Waals surface area contributed by atoms with Gasteiger partial charge in [0.15, 0.2) is 5.60 Å². The molecule has 10 heteroatoms. The van der Waals surface area contributed by atoms with Gasteiger partial charge in [0, 0.05) is 43.4 Å². The maximum Gasteiger partial charge on any atom is 0.258 e. The summed E-state index contributed by atoms with van der Waals surface area (Å²) in [6, 6.07) is 9.77. The fourth-order valence-corrected chi connectivity index (χ4v) is 5.00. The molecule has 2 fully saturated rings. The molecule has 0 unspecified atom stereocenters. The number of likely N-dealkylation sites (tertiary alicyclic amines) is 1. The van der Waals surface area contributed by atoms with Crippen molar-refractivity contribution in [2.75, 3.05) is 18.9 Å². The van der Waals surface area contributed by atoms with Crippen LogP contribution in [0.4, 0.5) is 11.6 Å². The zero-order valence-corrected chi connectivity index (χ0v) is 19.4. The number of aromatic nitrogens is 5. The lowest BCUT2D eigenvalue weighted by molar-refractivity contribution is -0.143. The van der Waals surface area contributed by atoms with E-state index in [0.717, 1.165) is 22.0 Å². The van der Waals surface area contributed by atoms with E-state index in [2.05, 4.69) is 20.4 Å². The zero-order chi connectivity index (χ0) is 23.3. The summed E-state index contributed by atoms with van der Waals surface area (Å²) < 4.78 is 1.97. The van der Waals surface area contributed by atoms with Gasteiger partial charge in [0.2, 0.25) is 5.95 Å². The fourth-order valence-electron chi connectivity index (χ4n) is 4.19. The normalized spacial score (nSPS) is 20.2. The van der Waals surface area contributed by atoms with Crippen molar-refractivity contribution < 1.29 is 9.90 Å². The van der Waals surface area contributed by atoms with Crippen molar-refractivity contribution in [3.05, 3.63) is 59.9 Å². The number of benzene rings is 1. The Morgan fingerprint density at radius 1 is 1.21 bits per heavy atom. The van der Waals surface area contributed by atoms with Gasteiger partial charge in [-0.25, -0.2) is 15.0 Å². The van der Waals surface area contributed by atoms with Crippen LogP contribution in [0.5, 0.6) is 0 Å². The predicted octanol–water partition coefficient (Wildman–Crippen LogP) is 3.59. The Hall–Kier alpha value is -3.63. The highest BCUT2D eigenvalue weighted by molar-refractivity contribution is 7.13. The quantitative estimate of drug-likeness (QED) is 0.440. The minimum absolute atomic E-state index is 0.270. The monoisotopic (exact) mass is 473 g/mol. The molecule has 1 atom stereocenters. The summed E-state index contributed by atoms with van der Waals surface area (Å²) in [6.45, 7) is 0.534. The van der Waals surface area contributed by atoms with Crippen LogP contribution < -0.4 is 5.32 Å². The van der Waals surface area contributed by atoms with E-state index < -0.39 is 5.60 Å². The van der Waals surface area contributed by atoms with Gasteiger partial charge in [-0.3, -0.25) is 9.48 Å². The lowest BCUT2D eigenvalue weighted by Gasteiger charge is -2.21. The summed E-state index contributed by atoms with van der Waals surface area (Å²) in [5, 5.41) is 21.3. The zero-order valence-electron chi connectivity index (χ0n) is 18.5. The number of thiazole rings is 1. The number of likely N-dealkylation sites (N-methyl/N-ethyl adjacent to an activating group) is 1. The number of hydrogen-bond donors (Lipinski definition) is 2. The Labute approximate surface area is 200 Å². The average Bonchev–Trinajstić information content (AvgIpc) is 3.29. The largest absolute Gasteiger partial charge is 0.375 e. The highest BCUT2D eigenvalue weighted by Crippen LogP contribution is 2.36. The molecule has 2 N–H and O–H groups in total. The maximum absolute atomic E-state index is 12.5. The van der Waals surface area contributed by atoms with Crippen LogP contribution in [0.3, 0.4) is 0 Å². The number of carbonyl (C=O) groups excluding carboxylic acids is 1. The molecule has 2 aliphatic rings. The first kappa shape index (κ1) is 20.9. The first-order valence-corrected chi connectivity index (χ1v) is 12.1. The van der Waals surface area contributed by atoms with Gasteiger partial charge in [-0.1, -0.05) is 18.2 Å². The van der Waals surface area contributed by atoms with E-state index in [9.17, 15) is 9.90 Å². The molecule has 9 nitrogen and oxygen atoms in total. The molecule has 1 saturated heterocycles. The Morgan fingerprint density at radius 2 is 2.09 bits per heavy atom. The van der Waals surface area contributed by atoms with Crippen LogP contribution >= 0.6 is 11.3 Å². The number of nitrogens with zero attached hydrogens (tertiary/aromatic N) is 6. The number of aliphatic hydroxyl groups is 1. The number of amides is 1. The summed E-state index contributed by atoms with van der Waals surface area (Å²) in [5.74, 6) is 0.212. The van der Waals surface area contributed by atoms with E-state index in [-0.39, 0.29) is 5.91 Å². The molecule has 172 valence electrons. The number of rotatable bonds is 6. The third kappa shape index (κ3) is 3.74. The first-order chi connectivity index (χ1) is 16.5. The van der Waals surface area contributed by atoms with Gasteiger partial charge in [-0.15, -0.1) is 11.3 Å². The van der Waals surface area contributed by atoms with Gasteiger partial charge < -0.3 is 15.3 Å². The lowest BCUT2D eigenvalue weighted by atomic mass is 9.91. The van der Waals surface area contributed by atoms with Crippen molar-refractivity contribution in [3.63, 3.8) is 0 Å². The fraction of sp³-hybridized carbons (Fsp3) is 0.292. The van der Waals surface area contributed by atoms with Crippen LogP contribution in [-0.2, 0) is 10.4 Å². The number of carbonyl (C=O) groups is 1. The average molecular weight is 474 g/mol. The van der Waals surface area contributed by atoms with Gasteiger partial charge in [-0.05, 0) is 30.5 Å². The molecule has 4 heterocycles. The van der Waals surface area contributed by atoms with E-state index in [1.54, 1.807) is 30.4 Å². The third-order valence-electron chi connectivity index (χ3n) is 6.30. The van der Waals surface area contributed by atoms with Crippen molar-refractivity contribution in [2.24, 2.45) is 0 Å². The minimum atomic E-state index is -1.48. The van der Waals surface area contributed by atoms with Gasteiger partial charge in [0.1, 0.15) is 10.7 Å². The van der Waals surface area contributed by atoms with Gasteiger partial charge >= 0.3 is 0 Å². The molecular weight excluding hydrogens is 450 g/mol. The Bertz CT molecular complexity index is 1380. The number of anilines is 2. The van der Waals surface area contributed by atoms with Crippen LogP contribution in [0, 0.1) is 0 Å². The van der Waals surface area contributed by atoms with Crippen LogP contribution in [0.15, 0.2) is 54.3 Å². The van der Waals surface area contributed by atoms with E-state index in [1.807, 2.05) is 40.5 Å². The molecule has 0 radical (unpaired) electrons. The molecule has 1 saturated carbocycles. The molecule has 0 bridgehead atoms. The van der Waals surface area contributed by atoms with Crippen molar-refractivity contribution in [2.45, 2.75) is 30.9 Å². The van der Waals surface area contributed by atoms with Crippen molar-refractivity contribution >= 4 is 28.9 Å². The van der Waals surface area contributed by atoms with Gasteiger partial charge in [0.25, 0.3) is 5.91 Å². The second kappa shape index (κ2) is 8.00. The molecule has 1 aliphatic carbocycles. The van der Waals surface area contributed by atoms with Crippen molar-refractivity contribution in [1.29, 1.82) is 0 Å². The SMILES string of the molecule is CN1CC[C@@](O)(c2cccc(-c3nc(-c4ccnc(Nc5cnn(C6CC6)c5)n4)cs3)c2)C1=O. The second-order valence-electron chi connectivity index (χ2n) is 8.79. The number of nitrogens with one attached hydrogen (secondary N) is 1. The van der Waals surface area contributed by atoms with E-state index in [4.69, 9.17) is 4.98 Å². The first-order valence-electron chi connectivity index (χ1n) is 11.2. The molecule has 4 aromatic rings. The minimum Gasteiger partial charge on any atom is -0.375 e. The highest BCUT2D eigenvalue weighted by atomic mass is 32.1. The summed E-state index contributed by atoms with van der Waals surface area (Å²) in [5.41, 5.74) is 2.26. The maximum atomic E-state index is 12.5. The topological polar surface area (TPSA) is 109 Å². The summed E-state index contributed by atoms with van der Waals surface area (Å²) >= 11 is 1.49. The number of hydrogen-bond acceptors (Lipinski definition) is 8. The van der Waals surface area contributed by atoms with Crippen molar-refractivity contribution in [1.82, 2.24) is 29.6 Å². The van der Waals surface area contributed by atoms with Gasteiger partial charge in [0.05, 0.1) is 23.6 Å². The van der Waals surface area contributed by atoms with Crippen LogP contribution in [0.2, 0.25) is 0 Å². The Kier molecular flexibility index (Phi) is 4.93. The van der Waals surface area contributed by atoms with E-state index >= 15 is 0 Å². The summed E-state index contributed by atoms with van der Waals surface area (Å²) in [6.07, 6.45) is 8.19. The molecule has 1 aliphatic heterocycles. The molecule has 3 aromatic heterocycles. The van der Waals surface area contributed by atoms with Gasteiger partial charge in [-0.2, -0.15) is 5.10 Å². The molecule has 1 aromatic carbocycles. The van der Waals surface area contributed by atoms with E-state index in [0.29, 0.717) is 36.2 Å². The Morgan fingerprint density at radius 3 is 2.88 bits per heavy atom. The summed E-state index contributed by atoms with van der Waals surface area (Å²) in [4.78, 5) is 27.8. The van der Waals surface area contributed by atoms with Crippen LogP contribution in [0.1, 0.15) is 30.9 Å². The molecule has 1 amide bonds. The summed E-state index contributed by atoms with van der Waals surface area (Å²) in [7, 11) is 1.71. The highest BCUT2D eigenvalue weighted by Gasteiger charge is 2.45. The third-order valence-corrected chi connectivity index (χ3v) is 7.19. The molecule has 34 heavy (non-hydrogen) atoms. The predicted molar refractivity (Wildman–Crippen MR) is 129 cm³/mol.